The van der Waals surface area contributed by atoms with Crippen LogP contribution in [0.15, 0.2) is 28.7 Å². The van der Waals surface area contributed by atoms with Gasteiger partial charge in [0.05, 0.1) is 0 Å². The van der Waals surface area contributed by atoms with Gasteiger partial charge in [-0.05, 0) is 85.9 Å². The van der Waals surface area contributed by atoms with Crippen LogP contribution >= 0.6 is 15.9 Å². The highest BCUT2D eigenvalue weighted by Crippen LogP contribution is 2.70. The lowest BCUT2D eigenvalue weighted by Crippen LogP contribution is -2.35. The minimum Gasteiger partial charge on any atom is -0.313 e. The number of nitrogens with one attached hydrogen (secondary N) is 1. The highest BCUT2D eigenvalue weighted by Gasteiger charge is 2.66. The summed E-state index contributed by atoms with van der Waals surface area (Å²) in [5.41, 5.74) is 1.49. The van der Waals surface area contributed by atoms with Gasteiger partial charge in [0, 0.05) is 10.5 Å². The van der Waals surface area contributed by atoms with E-state index in [0.29, 0.717) is 6.04 Å². The fraction of sp³-hybridized carbons (Fsp3) is 0.684. The van der Waals surface area contributed by atoms with Crippen LogP contribution in [0.3, 0.4) is 0 Å². The number of benzene rings is 1. The van der Waals surface area contributed by atoms with Gasteiger partial charge in [0.15, 0.2) is 0 Å². The van der Waals surface area contributed by atoms with E-state index in [1.807, 2.05) is 0 Å². The lowest BCUT2D eigenvalue weighted by molar-refractivity contribution is 0.361. The molecule has 0 radical (unpaired) electrons. The molecule has 0 amide bonds. The van der Waals surface area contributed by atoms with Gasteiger partial charge in [-0.2, -0.15) is 0 Å². The Labute approximate surface area is 137 Å². The van der Waals surface area contributed by atoms with Crippen molar-refractivity contribution in [1.29, 1.82) is 0 Å². The topological polar surface area (TPSA) is 12.0 Å². The molecule has 3 aliphatic rings. The zero-order valence-electron chi connectivity index (χ0n) is 12.9. The van der Waals surface area contributed by atoms with Crippen molar-refractivity contribution in [3.8, 4) is 0 Å². The van der Waals surface area contributed by atoms with Crippen molar-refractivity contribution in [1.82, 2.24) is 5.32 Å². The lowest BCUT2D eigenvalue weighted by atomic mass is 9.93. The number of hydrogen-bond donors (Lipinski definition) is 1. The third-order valence-corrected chi connectivity index (χ3v) is 6.81. The third kappa shape index (κ3) is 2.59. The first-order valence-electron chi connectivity index (χ1n) is 8.75. The van der Waals surface area contributed by atoms with Crippen molar-refractivity contribution >= 4 is 15.9 Å². The van der Waals surface area contributed by atoms with Crippen molar-refractivity contribution in [3.05, 3.63) is 34.3 Å². The summed E-state index contributed by atoms with van der Waals surface area (Å²) in [6, 6.07) is 9.66. The lowest BCUT2D eigenvalue weighted by Gasteiger charge is -2.22. The van der Waals surface area contributed by atoms with Crippen molar-refractivity contribution in [2.24, 2.45) is 29.6 Å². The van der Waals surface area contributed by atoms with Gasteiger partial charge in [0.2, 0.25) is 0 Å². The molecule has 1 aromatic carbocycles. The first-order valence-corrected chi connectivity index (χ1v) is 9.55. The van der Waals surface area contributed by atoms with E-state index in [1.54, 1.807) is 6.42 Å². The fourth-order valence-corrected chi connectivity index (χ4v) is 5.74. The smallest absolute Gasteiger partial charge is 0.0175 e. The summed E-state index contributed by atoms with van der Waals surface area (Å²) in [4.78, 5) is 0. The Hall–Kier alpha value is -0.340. The van der Waals surface area contributed by atoms with Gasteiger partial charge in [-0.25, -0.2) is 0 Å². The highest BCUT2D eigenvalue weighted by atomic mass is 79.9. The van der Waals surface area contributed by atoms with Crippen LogP contribution in [0.2, 0.25) is 0 Å². The predicted octanol–water partition coefficient (Wildman–Crippen LogP) is 4.65. The zero-order valence-corrected chi connectivity index (χ0v) is 14.5. The predicted molar refractivity (Wildman–Crippen MR) is 91.2 cm³/mol. The van der Waals surface area contributed by atoms with E-state index in [-0.39, 0.29) is 0 Å². The summed E-state index contributed by atoms with van der Waals surface area (Å²) < 4.78 is 1.19. The number of rotatable bonds is 6. The summed E-state index contributed by atoms with van der Waals surface area (Å²) in [6.07, 6.45) is 7.07. The van der Waals surface area contributed by atoms with E-state index >= 15 is 0 Å². The Morgan fingerprint density at radius 2 is 1.81 bits per heavy atom. The van der Waals surface area contributed by atoms with Crippen LogP contribution in [0.5, 0.6) is 0 Å². The van der Waals surface area contributed by atoms with Crippen molar-refractivity contribution in [2.75, 3.05) is 6.54 Å². The monoisotopic (exact) mass is 347 g/mol. The van der Waals surface area contributed by atoms with Gasteiger partial charge in [0.25, 0.3) is 0 Å². The first-order chi connectivity index (χ1) is 10.3. The average molecular weight is 348 g/mol. The Morgan fingerprint density at radius 3 is 2.43 bits per heavy atom. The Kier molecular flexibility index (Phi) is 3.87. The molecule has 0 heterocycles. The normalized spacial score (nSPS) is 37.5. The molecular weight excluding hydrogens is 322 g/mol. The minimum absolute atomic E-state index is 0.713. The average Bonchev–Trinajstić information content (AvgIpc) is 2.92. The molecule has 5 unspecified atom stereocenters. The fourth-order valence-electron chi connectivity index (χ4n) is 5.48. The largest absolute Gasteiger partial charge is 0.313 e. The SMILES string of the molecule is CCCNC(Cc1ccc(Br)cc1)C1C2C3CCC(C3)C21. The molecule has 2 bridgehead atoms. The second kappa shape index (κ2) is 5.70. The summed E-state index contributed by atoms with van der Waals surface area (Å²) in [5.74, 6) is 5.30. The molecule has 114 valence electrons. The van der Waals surface area contributed by atoms with Gasteiger partial charge >= 0.3 is 0 Å². The van der Waals surface area contributed by atoms with E-state index in [1.165, 1.54) is 42.3 Å². The van der Waals surface area contributed by atoms with Crippen LogP contribution in [0.1, 0.15) is 38.2 Å². The Morgan fingerprint density at radius 1 is 1.14 bits per heavy atom. The van der Waals surface area contributed by atoms with Gasteiger partial charge in [-0.1, -0.05) is 35.0 Å². The second-order valence-electron chi connectivity index (χ2n) is 7.46. The second-order valence-corrected chi connectivity index (χ2v) is 8.37. The van der Waals surface area contributed by atoms with Crippen LogP contribution in [0.25, 0.3) is 0 Å². The molecule has 0 saturated heterocycles. The van der Waals surface area contributed by atoms with Gasteiger partial charge in [-0.3, -0.25) is 0 Å². The molecule has 0 aromatic heterocycles. The van der Waals surface area contributed by atoms with Crippen LogP contribution in [0, 0.1) is 29.6 Å². The van der Waals surface area contributed by atoms with Crippen LogP contribution in [-0.2, 0) is 6.42 Å². The van der Waals surface area contributed by atoms with Crippen LogP contribution in [0.4, 0.5) is 0 Å². The van der Waals surface area contributed by atoms with Gasteiger partial charge in [0.1, 0.15) is 0 Å². The standard InChI is InChI=1S/C19H26BrN/c1-2-9-21-16(10-12-3-7-15(20)8-4-12)19-17-13-5-6-14(11-13)18(17)19/h3-4,7-8,13-14,16-19,21H,2,5-6,9-11H2,1H3. The highest BCUT2D eigenvalue weighted by molar-refractivity contribution is 9.10. The summed E-state index contributed by atoms with van der Waals surface area (Å²) in [6.45, 7) is 3.45. The van der Waals surface area contributed by atoms with E-state index in [4.69, 9.17) is 0 Å². The molecule has 1 aromatic rings. The molecule has 0 aliphatic heterocycles. The molecule has 21 heavy (non-hydrogen) atoms. The van der Waals surface area contributed by atoms with Gasteiger partial charge in [-0.15, -0.1) is 0 Å². The van der Waals surface area contributed by atoms with Crippen molar-refractivity contribution < 1.29 is 0 Å². The maximum Gasteiger partial charge on any atom is 0.0175 e. The molecule has 3 aliphatic carbocycles. The van der Waals surface area contributed by atoms with Crippen molar-refractivity contribution in [3.63, 3.8) is 0 Å². The molecular formula is C19H26BrN. The quantitative estimate of drug-likeness (QED) is 0.789. The number of fused-ring (bicyclic) bond motifs is 5. The molecule has 2 heteroatoms. The molecule has 3 fully saturated rings. The van der Waals surface area contributed by atoms with Crippen LogP contribution < -0.4 is 5.32 Å². The van der Waals surface area contributed by atoms with E-state index in [0.717, 1.165) is 29.6 Å². The van der Waals surface area contributed by atoms with E-state index < -0.39 is 0 Å². The van der Waals surface area contributed by atoms with Gasteiger partial charge < -0.3 is 5.32 Å². The van der Waals surface area contributed by atoms with E-state index in [2.05, 4.69) is 52.4 Å². The molecule has 1 nitrogen and oxygen atoms in total. The molecule has 1 N–H and O–H groups in total. The maximum absolute atomic E-state index is 3.88. The minimum atomic E-state index is 0.713. The maximum atomic E-state index is 3.88. The third-order valence-electron chi connectivity index (χ3n) is 6.28. The molecule has 5 atom stereocenters. The summed E-state index contributed by atoms with van der Waals surface area (Å²) >= 11 is 3.54. The molecule has 3 saturated carbocycles. The number of halogens is 1. The summed E-state index contributed by atoms with van der Waals surface area (Å²) in [7, 11) is 0. The van der Waals surface area contributed by atoms with Crippen LogP contribution in [-0.4, -0.2) is 12.6 Å². The van der Waals surface area contributed by atoms with E-state index in [9.17, 15) is 0 Å². The molecule has 4 rings (SSSR count). The molecule has 0 spiro atoms. The number of hydrogen-bond acceptors (Lipinski definition) is 1. The Balaban J connectivity index is 1.46. The van der Waals surface area contributed by atoms with Crippen molar-refractivity contribution in [2.45, 2.75) is 45.1 Å². The first kappa shape index (κ1) is 14.3. The zero-order chi connectivity index (χ0) is 14.4. The summed E-state index contributed by atoms with van der Waals surface area (Å²) in [5, 5.41) is 3.88. The Bertz CT molecular complexity index is 481.